The second kappa shape index (κ2) is 6.61. The van der Waals surface area contributed by atoms with Gasteiger partial charge < -0.3 is 14.6 Å². The van der Waals surface area contributed by atoms with Crippen LogP contribution in [0.4, 0.5) is 28.9 Å². The molecule has 27 heavy (non-hydrogen) atoms. The molecule has 1 amide bonds. The van der Waals surface area contributed by atoms with Crippen molar-refractivity contribution in [2.75, 3.05) is 24.3 Å². The summed E-state index contributed by atoms with van der Waals surface area (Å²) in [5.41, 5.74) is -0.817. The minimum absolute atomic E-state index is 0.112. The SMILES string of the molecule is Cc1c(C(=O)Nc2ccc(N(C)C)cc2C(F)(F)F)oc2c(F)cccc12. The lowest BCUT2D eigenvalue weighted by Crippen LogP contribution is -2.18. The molecule has 0 saturated carbocycles. The molecule has 2 aromatic carbocycles. The molecule has 0 aliphatic rings. The van der Waals surface area contributed by atoms with Gasteiger partial charge in [0.1, 0.15) is 0 Å². The summed E-state index contributed by atoms with van der Waals surface area (Å²) in [6.45, 7) is 1.54. The lowest BCUT2D eigenvalue weighted by atomic mass is 10.1. The average molecular weight is 380 g/mol. The van der Waals surface area contributed by atoms with Gasteiger partial charge in [0.05, 0.1) is 11.3 Å². The first-order valence-corrected chi connectivity index (χ1v) is 7.97. The zero-order valence-corrected chi connectivity index (χ0v) is 14.7. The summed E-state index contributed by atoms with van der Waals surface area (Å²) in [6, 6.07) is 7.78. The number of alkyl halides is 3. The van der Waals surface area contributed by atoms with Gasteiger partial charge in [-0.1, -0.05) is 12.1 Å². The second-order valence-corrected chi connectivity index (χ2v) is 6.25. The highest BCUT2D eigenvalue weighted by molar-refractivity contribution is 6.07. The summed E-state index contributed by atoms with van der Waals surface area (Å²) in [4.78, 5) is 14.0. The van der Waals surface area contributed by atoms with Crippen LogP contribution >= 0.6 is 0 Å². The van der Waals surface area contributed by atoms with E-state index in [1.54, 1.807) is 27.1 Å². The van der Waals surface area contributed by atoms with Crippen LogP contribution in [0.5, 0.6) is 0 Å². The molecule has 0 saturated heterocycles. The number of nitrogens with zero attached hydrogens (tertiary/aromatic N) is 1. The van der Waals surface area contributed by atoms with Crippen molar-refractivity contribution in [3.8, 4) is 0 Å². The van der Waals surface area contributed by atoms with Gasteiger partial charge >= 0.3 is 6.18 Å². The van der Waals surface area contributed by atoms with Crippen molar-refractivity contribution >= 4 is 28.3 Å². The summed E-state index contributed by atoms with van der Waals surface area (Å²) in [5.74, 6) is -1.77. The first-order valence-electron chi connectivity index (χ1n) is 7.97. The van der Waals surface area contributed by atoms with Crippen molar-refractivity contribution in [2.45, 2.75) is 13.1 Å². The predicted octanol–water partition coefficient (Wildman–Crippen LogP) is 5.22. The fourth-order valence-electron chi connectivity index (χ4n) is 2.76. The molecule has 0 fully saturated rings. The topological polar surface area (TPSA) is 45.5 Å². The number of rotatable bonds is 3. The van der Waals surface area contributed by atoms with Gasteiger partial charge in [-0.25, -0.2) is 4.39 Å². The molecule has 8 heteroatoms. The molecule has 1 heterocycles. The van der Waals surface area contributed by atoms with E-state index in [1.807, 2.05) is 0 Å². The molecule has 142 valence electrons. The lowest BCUT2D eigenvalue weighted by Gasteiger charge is -2.18. The smallest absolute Gasteiger partial charge is 0.418 e. The highest BCUT2D eigenvalue weighted by Crippen LogP contribution is 2.37. The Balaban J connectivity index is 2.02. The highest BCUT2D eigenvalue weighted by Gasteiger charge is 2.35. The Morgan fingerprint density at radius 1 is 1.15 bits per heavy atom. The Morgan fingerprint density at radius 2 is 1.85 bits per heavy atom. The van der Waals surface area contributed by atoms with Crippen LogP contribution in [0, 0.1) is 12.7 Å². The molecule has 0 unspecified atom stereocenters. The normalized spacial score (nSPS) is 11.7. The average Bonchev–Trinajstić information content (AvgIpc) is 2.92. The first kappa shape index (κ1) is 18.8. The zero-order valence-electron chi connectivity index (χ0n) is 14.7. The van der Waals surface area contributed by atoms with E-state index in [1.165, 1.54) is 29.2 Å². The van der Waals surface area contributed by atoms with Crippen molar-refractivity contribution in [2.24, 2.45) is 0 Å². The monoisotopic (exact) mass is 380 g/mol. The van der Waals surface area contributed by atoms with Crippen LogP contribution in [-0.4, -0.2) is 20.0 Å². The van der Waals surface area contributed by atoms with Crippen LogP contribution in [0.3, 0.4) is 0 Å². The predicted molar refractivity (Wildman–Crippen MR) is 94.6 cm³/mol. The maximum Gasteiger partial charge on any atom is 0.418 e. The molecule has 3 rings (SSSR count). The van der Waals surface area contributed by atoms with E-state index in [0.29, 0.717) is 16.6 Å². The Hall–Kier alpha value is -3.03. The molecule has 0 aliphatic heterocycles. The third-order valence-corrected chi connectivity index (χ3v) is 4.20. The van der Waals surface area contributed by atoms with Crippen LogP contribution in [-0.2, 0) is 6.18 Å². The zero-order chi connectivity index (χ0) is 19.9. The van der Waals surface area contributed by atoms with Crippen LogP contribution in [0.25, 0.3) is 11.0 Å². The molecule has 0 radical (unpaired) electrons. The van der Waals surface area contributed by atoms with E-state index in [4.69, 9.17) is 4.42 Å². The minimum Gasteiger partial charge on any atom is -0.448 e. The van der Waals surface area contributed by atoms with Gasteiger partial charge in [-0.3, -0.25) is 4.79 Å². The van der Waals surface area contributed by atoms with Gasteiger partial charge in [0.25, 0.3) is 5.91 Å². The fraction of sp³-hybridized carbons (Fsp3) is 0.211. The molecule has 0 aliphatic carbocycles. The molecule has 1 aromatic heterocycles. The summed E-state index contributed by atoms with van der Waals surface area (Å²) in [6.07, 6.45) is -4.66. The Kier molecular flexibility index (Phi) is 4.59. The molecule has 0 bridgehead atoms. The number of fused-ring (bicyclic) bond motifs is 1. The Labute approximate surface area is 152 Å². The molecular formula is C19H16F4N2O2. The van der Waals surface area contributed by atoms with Crippen LogP contribution in [0.15, 0.2) is 40.8 Å². The molecule has 3 aromatic rings. The van der Waals surface area contributed by atoms with Gasteiger partial charge in [0, 0.05) is 30.7 Å². The number of halogens is 4. The number of para-hydroxylation sites is 1. The quantitative estimate of drug-likeness (QED) is 0.634. The largest absolute Gasteiger partial charge is 0.448 e. The minimum atomic E-state index is -4.66. The van der Waals surface area contributed by atoms with E-state index in [2.05, 4.69) is 5.32 Å². The molecule has 4 nitrogen and oxygen atoms in total. The Morgan fingerprint density at radius 3 is 2.44 bits per heavy atom. The van der Waals surface area contributed by atoms with Crippen molar-refractivity contribution in [3.63, 3.8) is 0 Å². The number of nitrogens with one attached hydrogen (secondary N) is 1. The second-order valence-electron chi connectivity index (χ2n) is 6.25. The van der Waals surface area contributed by atoms with Gasteiger partial charge in [0.2, 0.25) is 0 Å². The van der Waals surface area contributed by atoms with Gasteiger partial charge in [-0.05, 0) is 31.2 Å². The van der Waals surface area contributed by atoms with E-state index in [9.17, 15) is 22.4 Å². The molecule has 0 spiro atoms. The highest BCUT2D eigenvalue weighted by atomic mass is 19.4. The molecule has 1 N–H and O–H groups in total. The Bertz CT molecular complexity index is 1020. The number of benzene rings is 2. The van der Waals surface area contributed by atoms with Crippen LogP contribution in [0.2, 0.25) is 0 Å². The number of amides is 1. The van der Waals surface area contributed by atoms with Gasteiger partial charge in [-0.15, -0.1) is 0 Å². The summed E-state index contributed by atoms with van der Waals surface area (Å²) in [5, 5.41) is 2.62. The summed E-state index contributed by atoms with van der Waals surface area (Å²) in [7, 11) is 3.22. The lowest BCUT2D eigenvalue weighted by molar-refractivity contribution is -0.136. The maximum atomic E-state index is 13.8. The van der Waals surface area contributed by atoms with E-state index < -0.39 is 29.2 Å². The van der Waals surface area contributed by atoms with E-state index >= 15 is 0 Å². The van der Waals surface area contributed by atoms with Crippen LogP contribution < -0.4 is 10.2 Å². The van der Waals surface area contributed by atoms with E-state index in [-0.39, 0.29) is 11.3 Å². The first-order chi connectivity index (χ1) is 12.6. The number of hydrogen-bond acceptors (Lipinski definition) is 3. The number of anilines is 2. The van der Waals surface area contributed by atoms with Crippen molar-refractivity contribution < 1.29 is 26.8 Å². The standard InChI is InChI=1S/C19H16F4N2O2/c1-10-12-5-4-6-14(20)17(12)27-16(10)18(26)24-15-8-7-11(25(2)3)9-13(15)19(21,22)23/h4-9H,1-3H3,(H,24,26). The molecule has 0 atom stereocenters. The van der Waals surface area contributed by atoms with Crippen molar-refractivity contribution in [1.82, 2.24) is 0 Å². The maximum absolute atomic E-state index is 13.8. The van der Waals surface area contributed by atoms with Crippen molar-refractivity contribution in [3.05, 3.63) is 59.1 Å². The number of carbonyl (C=O) groups is 1. The summed E-state index contributed by atoms with van der Waals surface area (Å²) >= 11 is 0. The number of aryl methyl sites for hydroxylation is 1. The molecular weight excluding hydrogens is 364 g/mol. The van der Waals surface area contributed by atoms with Gasteiger partial charge in [0.15, 0.2) is 17.2 Å². The fourth-order valence-corrected chi connectivity index (χ4v) is 2.76. The summed E-state index contributed by atoms with van der Waals surface area (Å²) < 4.78 is 59.3. The number of hydrogen-bond donors (Lipinski definition) is 1. The third kappa shape index (κ3) is 3.47. The number of furan rings is 1. The van der Waals surface area contributed by atoms with Gasteiger partial charge in [-0.2, -0.15) is 13.2 Å². The third-order valence-electron chi connectivity index (χ3n) is 4.20. The van der Waals surface area contributed by atoms with Crippen molar-refractivity contribution in [1.29, 1.82) is 0 Å². The van der Waals surface area contributed by atoms with Crippen LogP contribution in [0.1, 0.15) is 21.7 Å². The van der Waals surface area contributed by atoms with E-state index in [0.717, 1.165) is 6.07 Å². The number of carbonyl (C=O) groups excluding carboxylic acids is 1.